The Labute approximate surface area is 184 Å². The van der Waals surface area contributed by atoms with E-state index in [1.807, 2.05) is 32.0 Å². The fraction of sp³-hybridized carbons (Fsp3) is 0.600. The third kappa shape index (κ3) is 5.23. The van der Waals surface area contributed by atoms with Crippen LogP contribution in [-0.2, 0) is 14.3 Å². The zero-order chi connectivity index (χ0) is 21.8. The van der Waals surface area contributed by atoms with Gasteiger partial charge in [0.15, 0.2) is 18.1 Å². The van der Waals surface area contributed by atoms with Crippen molar-refractivity contribution in [2.75, 3.05) is 19.8 Å². The molecule has 4 aliphatic carbocycles. The molecule has 4 fully saturated rings. The molecule has 1 aromatic rings. The monoisotopic (exact) mass is 427 g/mol. The largest absolute Gasteiger partial charge is 0.490 e. The second-order valence-corrected chi connectivity index (χ2v) is 9.26. The van der Waals surface area contributed by atoms with E-state index in [4.69, 9.17) is 14.2 Å². The van der Waals surface area contributed by atoms with Gasteiger partial charge in [0.1, 0.15) is 0 Å². The number of esters is 1. The van der Waals surface area contributed by atoms with E-state index in [9.17, 15) is 9.59 Å². The summed E-state index contributed by atoms with van der Waals surface area (Å²) in [5.74, 6) is 2.85. The Morgan fingerprint density at radius 2 is 1.61 bits per heavy atom. The molecule has 0 spiro atoms. The number of hydrogen-bond acceptors (Lipinski definition) is 5. The number of carbonyl (C=O) groups excluding carboxylic acids is 2. The van der Waals surface area contributed by atoms with E-state index in [2.05, 4.69) is 5.32 Å². The van der Waals surface area contributed by atoms with Crippen LogP contribution < -0.4 is 14.8 Å². The molecule has 0 aromatic heterocycles. The summed E-state index contributed by atoms with van der Waals surface area (Å²) in [6, 6.07) is 5.48. The molecule has 5 rings (SSSR count). The zero-order valence-electron chi connectivity index (χ0n) is 18.5. The normalized spacial score (nSPS) is 28.5. The third-order valence-electron chi connectivity index (χ3n) is 6.77. The van der Waals surface area contributed by atoms with Crippen LogP contribution in [0.5, 0.6) is 11.5 Å². The summed E-state index contributed by atoms with van der Waals surface area (Å²) in [5, 5.41) is 3.22. The first kappa shape index (κ1) is 21.7. The lowest BCUT2D eigenvalue weighted by atomic mass is 9.53. The highest BCUT2D eigenvalue weighted by atomic mass is 16.5. The summed E-state index contributed by atoms with van der Waals surface area (Å²) in [6.45, 7) is 4.66. The number of ether oxygens (including phenoxy) is 3. The van der Waals surface area contributed by atoms with Crippen molar-refractivity contribution in [3.8, 4) is 11.5 Å². The van der Waals surface area contributed by atoms with Gasteiger partial charge in [-0.1, -0.05) is 6.07 Å². The summed E-state index contributed by atoms with van der Waals surface area (Å²) in [6.07, 6.45) is 10.2. The summed E-state index contributed by atoms with van der Waals surface area (Å²) in [5.41, 5.74) is 0.730. The van der Waals surface area contributed by atoms with Crippen LogP contribution in [0, 0.1) is 17.8 Å². The highest BCUT2D eigenvalue weighted by Crippen LogP contribution is 2.55. The molecule has 6 heteroatoms. The Kier molecular flexibility index (Phi) is 6.54. The summed E-state index contributed by atoms with van der Waals surface area (Å²) in [4.78, 5) is 24.6. The molecule has 4 aliphatic rings. The molecule has 4 saturated carbocycles. The van der Waals surface area contributed by atoms with Crippen LogP contribution in [0.25, 0.3) is 6.08 Å². The zero-order valence-corrected chi connectivity index (χ0v) is 18.5. The van der Waals surface area contributed by atoms with Crippen molar-refractivity contribution in [1.82, 2.24) is 5.32 Å². The molecule has 6 nitrogen and oxygen atoms in total. The molecular weight excluding hydrogens is 394 g/mol. The van der Waals surface area contributed by atoms with Gasteiger partial charge in [-0.15, -0.1) is 0 Å². The predicted octanol–water partition coefficient (Wildman–Crippen LogP) is 4.13. The van der Waals surface area contributed by atoms with E-state index in [1.54, 1.807) is 6.08 Å². The smallest absolute Gasteiger partial charge is 0.331 e. The van der Waals surface area contributed by atoms with E-state index < -0.39 is 5.97 Å². The number of nitrogens with one attached hydrogen (secondary N) is 1. The lowest BCUT2D eigenvalue weighted by molar-refractivity contribution is -0.145. The molecule has 1 aromatic carbocycles. The van der Waals surface area contributed by atoms with Gasteiger partial charge in [-0.2, -0.15) is 0 Å². The van der Waals surface area contributed by atoms with Gasteiger partial charge >= 0.3 is 5.97 Å². The van der Waals surface area contributed by atoms with Gasteiger partial charge in [-0.3, -0.25) is 4.79 Å². The van der Waals surface area contributed by atoms with Gasteiger partial charge in [0, 0.05) is 11.6 Å². The third-order valence-corrected chi connectivity index (χ3v) is 6.77. The van der Waals surface area contributed by atoms with Crippen molar-refractivity contribution in [1.29, 1.82) is 0 Å². The van der Waals surface area contributed by atoms with E-state index in [0.717, 1.165) is 42.6 Å². The van der Waals surface area contributed by atoms with E-state index in [0.29, 0.717) is 24.7 Å². The minimum Gasteiger partial charge on any atom is -0.490 e. The van der Waals surface area contributed by atoms with Crippen LogP contribution in [0.15, 0.2) is 24.3 Å². The number of hydrogen-bond donors (Lipinski definition) is 1. The summed E-state index contributed by atoms with van der Waals surface area (Å²) < 4.78 is 16.3. The first-order valence-corrected chi connectivity index (χ1v) is 11.5. The second kappa shape index (κ2) is 9.33. The molecule has 0 atom stereocenters. The molecule has 1 amide bonds. The SMILES string of the molecule is CCOc1ccc(/C=C/C(=O)OCC(=O)NC23CC4CC(CC(C4)C2)C3)cc1OCC. The second-order valence-electron chi connectivity index (χ2n) is 9.26. The minimum atomic E-state index is -0.535. The number of amides is 1. The average Bonchev–Trinajstić information content (AvgIpc) is 2.71. The quantitative estimate of drug-likeness (QED) is 0.474. The Morgan fingerprint density at radius 1 is 1.00 bits per heavy atom. The molecule has 0 unspecified atom stereocenters. The van der Waals surface area contributed by atoms with Crippen molar-refractivity contribution in [2.45, 2.75) is 57.9 Å². The van der Waals surface area contributed by atoms with Gasteiger partial charge in [-0.05, 0) is 93.9 Å². The molecule has 1 N–H and O–H groups in total. The number of benzene rings is 1. The lowest BCUT2D eigenvalue weighted by Gasteiger charge is -2.56. The molecule has 0 aliphatic heterocycles. The maximum absolute atomic E-state index is 12.5. The Bertz CT molecular complexity index is 811. The highest BCUT2D eigenvalue weighted by Gasteiger charge is 2.51. The molecule has 0 radical (unpaired) electrons. The van der Waals surface area contributed by atoms with Crippen molar-refractivity contribution < 1.29 is 23.8 Å². The van der Waals surface area contributed by atoms with Gasteiger partial charge < -0.3 is 19.5 Å². The van der Waals surface area contributed by atoms with Crippen LogP contribution in [0.2, 0.25) is 0 Å². The number of carbonyl (C=O) groups is 2. The van der Waals surface area contributed by atoms with Crippen LogP contribution in [0.1, 0.15) is 57.9 Å². The van der Waals surface area contributed by atoms with Gasteiger partial charge in [0.25, 0.3) is 5.91 Å². The maximum Gasteiger partial charge on any atom is 0.331 e. The van der Waals surface area contributed by atoms with Crippen LogP contribution in [-0.4, -0.2) is 37.2 Å². The topological polar surface area (TPSA) is 73.9 Å². The van der Waals surface area contributed by atoms with Crippen LogP contribution in [0.4, 0.5) is 0 Å². The lowest BCUT2D eigenvalue weighted by Crippen LogP contribution is -2.60. The molecule has 0 saturated heterocycles. The molecular formula is C25H33NO5. The number of rotatable bonds is 9. The van der Waals surface area contributed by atoms with Crippen molar-refractivity contribution in [2.24, 2.45) is 17.8 Å². The molecule has 0 heterocycles. The van der Waals surface area contributed by atoms with Crippen molar-refractivity contribution in [3.05, 3.63) is 29.8 Å². The van der Waals surface area contributed by atoms with Crippen molar-refractivity contribution in [3.63, 3.8) is 0 Å². The summed E-state index contributed by atoms with van der Waals surface area (Å²) in [7, 11) is 0. The highest BCUT2D eigenvalue weighted by molar-refractivity contribution is 5.89. The maximum atomic E-state index is 12.5. The van der Waals surface area contributed by atoms with Gasteiger partial charge in [-0.25, -0.2) is 4.79 Å². The first-order chi connectivity index (χ1) is 15.0. The van der Waals surface area contributed by atoms with Crippen LogP contribution in [0.3, 0.4) is 0 Å². The fourth-order valence-corrected chi connectivity index (χ4v) is 6.12. The van der Waals surface area contributed by atoms with E-state index in [-0.39, 0.29) is 18.1 Å². The summed E-state index contributed by atoms with van der Waals surface area (Å²) >= 11 is 0. The van der Waals surface area contributed by atoms with Gasteiger partial charge in [0.2, 0.25) is 0 Å². The van der Waals surface area contributed by atoms with Crippen molar-refractivity contribution >= 4 is 18.0 Å². The minimum absolute atomic E-state index is 0.0634. The average molecular weight is 428 g/mol. The van der Waals surface area contributed by atoms with E-state index >= 15 is 0 Å². The molecule has 168 valence electrons. The Balaban J connectivity index is 1.28. The van der Waals surface area contributed by atoms with Gasteiger partial charge in [0.05, 0.1) is 13.2 Å². The first-order valence-electron chi connectivity index (χ1n) is 11.5. The van der Waals surface area contributed by atoms with Crippen LogP contribution >= 0.6 is 0 Å². The fourth-order valence-electron chi connectivity index (χ4n) is 6.12. The van der Waals surface area contributed by atoms with E-state index in [1.165, 1.54) is 25.3 Å². The standard InChI is InChI=1S/C25H33NO5/c1-3-29-21-7-5-17(12-22(21)30-4-2)6-8-24(28)31-16-23(27)26-25-13-18-9-19(14-25)11-20(10-18)15-25/h5-8,12,18-20H,3-4,9-11,13-16H2,1-2H3,(H,26,27)/b8-6+. The molecule has 4 bridgehead atoms. The Morgan fingerprint density at radius 3 is 2.23 bits per heavy atom. The predicted molar refractivity (Wildman–Crippen MR) is 118 cm³/mol. The molecule has 31 heavy (non-hydrogen) atoms. The Hall–Kier alpha value is -2.50.